The second-order valence-corrected chi connectivity index (χ2v) is 8.87. The van der Waals surface area contributed by atoms with E-state index in [1.807, 2.05) is 0 Å². The molecule has 0 aromatic heterocycles. The number of carbonyl (C=O) groups excluding carboxylic acids is 2. The molecule has 0 heterocycles. The molecule has 0 aliphatic heterocycles. The van der Waals surface area contributed by atoms with Crippen molar-refractivity contribution >= 4 is 11.9 Å². The van der Waals surface area contributed by atoms with E-state index in [1.54, 1.807) is 20.8 Å². The summed E-state index contributed by atoms with van der Waals surface area (Å²) in [6.07, 6.45) is 3.06. The van der Waals surface area contributed by atoms with Crippen LogP contribution in [0.25, 0.3) is 0 Å². The Balaban J connectivity index is 1.92. The number of carbonyl (C=O) groups is 2. The number of ether oxygens (including phenoxy) is 2. The van der Waals surface area contributed by atoms with Crippen molar-refractivity contribution in [3.63, 3.8) is 0 Å². The topological polar surface area (TPSA) is 52.6 Å². The van der Waals surface area contributed by atoms with Crippen LogP contribution in [0.1, 0.15) is 67.2 Å². The molecule has 2 aliphatic carbocycles. The van der Waals surface area contributed by atoms with Crippen LogP contribution in [-0.2, 0) is 19.1 Å². The van der Waals surface area contributed by atoms with Gasteiger partial charge < -0.3 is 9.47 Å². The smallest absolute Gasteiger partial charge is 0.334 e. The van der Waals surface area contributed by atoms with E-state index in [4.69, 9.17) is 9.47 Å². The van der Waals surface area contributed by atoms with E-state index in [2.05, 4.69) is 27.4 Å². The van der Waals surface area contributed by atoms with Crippen molar-refractivity contribution in [2.24, 2.45) is 16.7 Å². The summed E-state index contributed by atoms with van der Waals surface area (Å²) in [6, 6.07) is 0. The van der Waals surface area contributed by atoms with Crippen LogP contribution >= 0.6 is 0 Å². The average molecular weight is 322 g/mol. The van der Waals surface area contributed by atoms with Gasteiger partial charge in [0, 0.05) is 11.0 Å². The SMILES string of the molecule is C=C(CC(=O)OC1CC2CCC1(C)C2(C)C)C(=O)OC(C)(C)C. The summed E-state index contributed by atoms with van der Waals surface area (Å²) >= 11 is 0. The molecule has 0 aromatic rings. The van der Waals surface area contributed by atoms with E-state index in [0.717, 1.165) is 12.8 Å². The Hall–Kier alpha value is -1.32. The van der Waals surface area contributed by atoms with E-state index in [1.165, 1.54) is 6.42 Å². The third-order valence-electron chi connectivity index (χ3n) is 6.03. The van der Waals surface area contributed by atoms with Gasteiger partial charge in [-0.1, -0.05) is 27.4 Å². The Morgan fingerprint density at radius 3 is 2.26 bits per heavy atom. The Kier molecular flexibility index (Phi) is 4.42. The minimum atomic E-state index is -0.591. The predicted molar refractivity (Wildman–Crippen MR) is 88.7 cm³/mol. The molecule has 2 saturated carbocycles. The summed E-state index contributed by atoms with van der Waals surface area (Å²) in [5, 5.41) is 0. The molecule has 0 saturated heterocycles. The van der Waals surface area contributed by atoms with E-state index >= 15 is 0 Å². The minimum Gasteiger partial charge on any atom is -0.462 e. The summed E-state index contributed by atoms with van der Waals surface area (Å²) in [4.78, 5) is 24.1. The maximum absolute atomic E-state index is 12.2. The Morgan fingerprint density at radius 1 is 1.22 bits per heavy atom. The summed E-state index contributed by atoms with van der Waals surface area (Å²) in [5.41, 5.74) is -0.218. The molecule has 23 heavy (non-hydrogen) atoms. The fourth-order valence-corrected chi connectivity index (χ4v) is 4.11. The lowest BCUT2D eigenvalue weighted by Crippen LogP contribution is -2.38. The highest BCUT2D eigenvalue weighted by atomic mass is 16.6. The lowest BCUT2D eigenvalue weighted by Gasteiger charge is -2.38. The summed E-state index contributed by atoms with van der Waals surface area (Å²) in [5.74, 6) is -0.302. The highest BCUT2D eigenvalue weighted by molar-refractivity contribution is 5.93. The van der Waals surface area contributed by atoms with Crippen LogP contribution in [0.15, 0.2) is 12.2 Å². The molecular weight excluding hydrogens is 292 g/mol. The molecule has 2 rings (SSSR count). The van der Waals surface area contributed by atoms with Crippen LogP contribution in [0.3, 0.4) is 0 Å². The van der Waals surface area contributed by atoms with Crippen molar-refractivity contribution in [3.8, 4) is 0 Å². The van der Waals surface area contributed by atoms with Gasteiger partial charge in [-0.15, -0.1) is 0 Å². The average Bonchev–Trinajstić information content (AvgIpc) is 2.69. The fourth-order valence-electron chi connectivity index (χ4n) is 4.11. The molecule has 130 valence electrons. The van der Waals surface area contributed by atoms with Gasteiger partial charge in [0.05, 0.1) is 6.42 Å². The van der Waals surface area contributed by atoms with Gasteiger partial charge >= 0.3 is 11.9 Å². The first-order chi connectivity index (χ1) is 10.4. The van der Waals surface area contributed by atoms with Crippen LogP contribution < -0.4 is 0 Å². The highest BCUT2D eigenvalue weighted by Gasteiger charge is 2.62. The zero-order valence-corrected chi connectivity index (χ0v) is 15.3. The van der Waals surface area contributed by atoms with Crippen LogP contribution in [0.5, 0.6) is 0 Å². The quantitative estimate of drug-likeness (QED) is 0.579. The van der Waals surface area contributed by atoms with E-state index < -0.39 is 11.6 Å². The molecule has 0 N–H and O–H groups in total. The normalized spacial score (nSPS) is 31.7. The van der Waals surface area contributed by atoms with E-state index in [-0.39, 0.29) is 34.9 Å². The van der Waals surface area contributed by atoms with Gasteiger partial charge in [0.1, 0.15) is 11.7 Å². The van der Waals surface area contributed by atoms with Crippen LogP contribution in [-0.4, -0.2) is 23.6 Å². The summed E-state index contributed by atoms with van der Waals surface area (Å²) in [6.45, 7) is 15.8. The van der Waals surface area contributed by atoms with Crippen LogP contribution in [0.4, 0.5) is 0 Å². The molecule has 0 spiro atoms. The maximum Gasteiger partial charge on any atom is 0.334 e. The minimum absolute atomic E-state index is 0.0284. The Bertz CT molecular complexity index is 526. The number of esters is 2. The molecule has 2 aliphatic rings. The van der Waals surface area contributed by atoms with Crippen LogP contribution in [0.2, 0.25) is 0 Å². The van der Waals surface area contributed by atoms with Gasteiger partial charge in [-0.3, -0.25) is 4.79 Å². The molecule has 3 unspecified atom stereocenters. The van der Waals surface area contributed by atoms with E-state index in [0.29, 0.717) is 5.92 Å². The maximum atomic E-state index is 12.2. The molecule has 0 amide bonds. The van der Waals surface area contributed by atoms with Crippen molar-refractivity contribution in [3.05, 3.63) is 12.2 Å². The lowest BCUT2D eigenvalue weighted by atomic mass is 9.70. The van der Waals surface area contributed by atoms with Gasteiger partial charge in [-0.2, -0.15) is 0 Å². The molecule has 2 fully saturated rings. The first kappa shape index (κ1) is 18.0. The first-order valence-electron chi connectivity index (χ1n) is 8.47. The molecule has 2 bridgehead atoms. The van der Waals surface area contributed by atoms with Crippen molar-refractivity contribution in [2.45, 2.75) is 78.9 Å². The van der Waals surface area contributed by atoms with Gasteiger partial charge in [-0.05, 0) is 51.4 Å². The molecule has 3 atom stereocenters. The largest absolute Gasteiger partial charge is 0.462 e. The van der Waals surface area contributed by atoms with Crippen LogP contribution in [0, 0.1) is 16.7 Å². The molecule has 4 heteroatoms. The number of hydrogen-bond acceptors (Lipinski definition) is 4. The van der Waals surface area contributed by atoms with Crippen molar-refractivity contribution < 1.29 is 19.1 Å². The second kappa shape index (κ2) is 5.64. The summed E-state index contributed by atoms with van der Waals surface area (Å²) in [7, 11) is 0. The van der Waals surface area contributed by atoms with Crippen molar-refractivity contribution in [1.29, 1.82) is 0 Å². The second-order valence-electron chi connectivity index (χ2n) is 8.87. The number of fused-ring (bicyclic) bond motifs is 2. The zero-order chi connectivity index (χ0) is 17.6. The Labute approximate surface area is 139 Å². The monoisotopic (exact) mass is 322 g/mol. The van der Waals surface area contributed by atoms with Gasteiger partial charge in [-0.25, -0.2) is 4.79 Å². The van der Waals surface area contributed by atoms with Gasteiger partial charge in [0.2, 0.25) is 0 Å². The van der Waals surface area contributed by atoms with Crippen molar-refractivity contribution in [2.75, 3.05) is 0 Å². The van der Waals surface area contributed by atoms with E-state index in [9.17, 15) is 9.59 Å². The van der Waals surface area contributed by atoms with Gasteiger partial charge in [0.25, 0.3) is 0 Å². The first-order valence-corrected chi connectivity index (χ1v) is 8.47. The number of hydrogen-bond donors (Lipinski definition) is 0. The molecule has 0 radical (unpaired) electrons. The number of rotatable bonds is 4. The predicted octanol–water partition coefficient (Wildman–Crippen LogP) is 4.03. The zero-order valence-electron chi connectivity index (χ0n) is 15.3. The molecule has 0 aromatic carbocycles. The third-order valence-corrected chi connectivity index (χ3v) is 6.03. The molecular formula is C19H30O4. The fraction of sp³-hybridized carbons (Fsp3) is 0.789. The highest BCUT2D eigenvalue weighted by Crippen LogP contribution is 2.66. The molecule has 4 nitrogen and oxygen atoms in total. The third kappa shape index (κ3) is 3.31. The Morgan fingerprint density at radius 2 is 1.83 bits per heavy atom. The van der Waals surface area contributed by atoms with Gasteiger partial charge in [0.15, 0.2) is 0 Å². The van der Waals surface area contributed by atoms with Crippen molar-refractivity contribution in [1.82, 2.24) is 0 Å². The standard InChI is InChI=1S/C19H30O4/c1-12(16(21)23-17(2,3)4)10-15(20)22-14-11-13-8-9-19(14,7)18(13,5)6/h13-14H,1,8-11H2,2-7H3. The lowest BCUT2D eigenvalue weighted by molar-refractivity contribution is -0.159. The summed E-state index contributed by atoms with van der Waals surface area (Å²) < 4.78 is 11.0.